The first kappa shape index (κ1) is 16.7. The number of benzene rings is 2. The zero-order valence-corrected chi connectivity index (χ0v) is 15.6. The van der Waals surface area contributed by atoms with Crippen molar-refractivity contribution < 1.29 is 4.79 Å². The number of amides is 1. The second-order valence-electron chi connectivity index (χ2n) is 6.26. The van der Waals surface area contributed by atoms with Crippen molar-refractivity contribution in [3.63, 3.8) is 0 Å². The van der Waals surface area contributed by atoms with Crippen molar-refractivity contribution in [2.75, 3.05) is 25.3 Å². The molecule has 1 N–H and O–H groups in total. The lowest BCUT2D eigenvalue weighted by atomic mass is 10.1. The maximum absolute atomic E-state index is 12.7. The van der Waals surface area contributed by atoms with Gasteiger partial charge in [-0.25, -0.2) is 5.01 Å². The number of hydrogen-bond donors (Lipinski definition) is 1. The molecule has 0 aromatic heterocycles. The van der Waals surface area contributed by atoms with E-state index in [1.807, 2.05) is 73.8 Å². The highest BCUT2D eigenvalue weighted by Crippen LogP contribution is 2.31. The lowest BCUT2D eigenvalue weighted by Gasteiger charge is -2.34. The zero-order chi connectivity index (χ0) is 18.3. The van der Waals surface area contributed by atoms with Crippen LogP contribution in [0.2, 0.25) is 0 Å². The van der Waals surface area contributed by atoms with Crippen molar-refractivity contribution in [1.29, 1.82) is 0 Å². The van der Waals surface area contributed by atoms with Gasteiger partial charge in [0.05, 0.1) is 5.36 Å². The van der Waals surface area contributed by atoms with Gasteiger partial charge in [0.15, 0.2) is 11.3 Å². The van der Waals surface area contributed by atoms with Gasteiger partial charge in [-0.05, 0) is 30.0 Å². The molecular formula is C19H19N5OS. The van der Waals surface area contributed by atoms with Gasteiger partial charge < -0.3 is 4.90 Å². The molecule has 0 fully saturated rings. The number of carbonyl (C=O) groups is 1. The number of amidine groups is 1. The summed E-state index contributed by atoms with van der Waals surface area (Å²) in [6, 6.07) is 15.9. The van der Waals surface area contributed by atoms with Crippen molar-refractivity contribution >= 4 is 34.2 Å². The summed E-state index contributed by atoms with van der Waals surface area (Å²) in [5, 5.41) is 11.4. The van der Waals surface area contributed by atoms with Crippen LogP contribution in [-0.2, 0) is 4.79 Å². The molecule has 7 heteroatoms. The maximum Gasteiger partial charge on any atom is 0.276 e. The Balaban J connectivity index is 1.90. The standard InChI is InChI=1S/C19H19N5OS/c1-23(2)13-10-8-12(9-11-13)17-20-15-7-5-4-6-14(15)16-18(25)21-19(26-3)22-24(16)17/h4-11,17H,1-3H3,(H,21,22,25)/t17-/m0/s1. The van der Waals surface area contributed by atoms with E-state index in [2.05, 4.69) is 10.4 Å². The van der Waals surface area contributed by atoms with Crippen LogP contribution >= 0.6 is 11.8 Å². The Bertz CT molecular complexity index is 1010. The van der Waals surface area contributed by atoms with Gasteiger partial charge in [0.25, 0.3) is 5.91 Å². The van der Waals surface area contributed by atoms with Gasteiger partial charge in [0.1, 0.15) is 5.70 Å². The van der Waals surface area contributed by atoms with Gasteiger partial charge in [-0.3, -0.25) is 15.1 Å². The summed E-state index contributed by atoms with van der Waals surface area (Å²) >= 11 is 1.40. The predicted octanol–water partition coefficient (Wildman–Crippen LogP) is 1.26. The predicted molar refractivity (Wildman–Crippen MR) is 105 cm³/mol. The van der Waals surface area contributed by atoms with Crippen molar-refractivity contribution in [3.05, 3.63) is 64.7 Å². The summed E-state index contributed by atoms with van der Waals surface area (Å²) in [5.41, 5.74) is 2.63. The summed E-state index contributed by atoms with van der Waals surface area (Å²) in [4.78, 5) is 19.7. The third kappa shape index (κ3) is 2.74. The van der Waals surface area contributed by atoms with Crippen LogP contribution in [-0.4, -0.2) is 36.4 Å². The maximum atomic E-state index is 12.7. The van der Waals surface area contributed by atoms with Crippen LogP contribution in [0.4, 0.5) is 5.69 Å². The molecule has 0 bridgehead atoms. The lowest BCUT2D eigenvalue weighted by Crippen LogP contribution is -2.50. The quantitative estimate of drug-likeness (QED) is 0.870. The van der Waals surface area contributed by atoms with E-state index in [4.69, 9.17) is 4.99 Å². The third-order valence-corrected chi connectivity index (χ3v) is 4.99. The number of anilines is 1. The number of hydrazone groups is 1. The summed E-state index contributed by atoms with van der Waals surface area (Å²) in [5.74, 6) is -0.151. The highest BCUT2D eigenvalue weighted by Gasteiger charge is 2.34. The molecule has 2 aromatic rings. The van der Waals surface area contributed by atoms with E-state index in [0.29, 0.717) is 10.9 Å². The fourth-order valence-electron chi connectivity index (χ4n) is 3.08. The summed E-state index contributed by atoms with van der Waals surface area (Å²) in [6.07, 6.45) is 1.52. The summed E-state index contributed by atoms with van der Waals surface area (Å²) < 4.78 is 0. The third-order valence-electron chi connectivity index (χ3n) is 4.42. The van der Waals surface area contributed by atoms with Crippen LogP contribution in [0.3, 0.4) is 0 Å². The average molecular weight is 365 g/mol. The number of nitrogens with zero attached hydrogens (tertiary/aromatic N) is 4. The molecule has 0 spiro atoms. The van der Waals surface area contributed by atoms with Crippen LogP contribution in [0, 0.1) is 0 Å². The topological polar surface area (TPSA) is 60.3 Å². The monoisotopic (exact) mass is 365 g/mol. The molecule has 4 rings (SSSR count). The molecular weight excluding hydrogens is 346 g/mol. The number of rotatable bonds is 2. The van der Waals surface area contributed by atoms with Gasteiger partial charge in [-0.2, -0.15) is 0 Å². The fraction of sp³-hybridized carbons (Fsp3) is 0.211. The molecule has 2 aliphatic rings. The fourth-order valence-corrected chi connectivity index (χ4v) is 3.45. The van der Waals surface area contributed by atoms with Gasteiger partial charge in [-0.1, -0.05) is 42.1 Å². The molecule has 0 saturated carbocycles. The molecule has 1 atom stereocenters. The van der Waals surface area contributed by atoms with Crippen LogP contribution in [0.1, 0.15) is 11.7 Å². The Morgan fingerprint density at radius 1 is 1.12 bits per heavy atom. The van der Waals surface area contributed by atoms with E-state index in [0.717, 1.165) is 21.8 Å². The first-order valence-electron chi connectivity index (χ1n) is 8.26. The Morgan fingerprint density at radius 2 is 1.85 bits per heavy atom. The average Bonchev–Trinajstić information content (AvgIpc) is 2.67. The highest BCUT2D eigenvalue weighted by molar-refractivity contribution is 8.13. The molecule has 1 amide bonds. The highest BCUT2D eigenvalue weighted by atomic mass is 32.2. The number of thioether (sulfide) groups is 1. The van der Waals surface area contributed by atoms with Crippen molar-refractivity contribution in [2.45, 2.75) is 6.17 Å². The van der Waals surface area contributed by atoms with Gasteiger partial charge >= 0.3 is 0 Å². The molecule has 0 aliphatic carbocycles. The minimum Gasteiger partial charge on any atom is -0.378 e. The van der Waals surface area contributed by atoms with E-state index < -0.39 is 0 Å². The number of hydrogen-bond acceptors (Lipinski definition) is 6. The number of carbonyl (C=O) groups excluding carboxylic acids is 1. The summed E-state index contributed by atoms with van der Waals surface area (Å²) in [6.45, 7) is 0. The number of nitrogens with one attached hydrogen (secondary N) is 1. The largest absolute Gasteiger partial charge is 0.378 e. The molecule has 2 aromatic carbocycles. The molecule has 0 unspecified atom stereocenters. The molecule has 2 heterocycles. The van der Waals surface area contributed by atoms with E-state index >= 15 is 0 Å². The molecule has 2 aliphatic heterocycles. The van der Waals surface area contributed by atoms with Crippen molar-refractivity contribution in [1.82, 2.24) is 10.3 Å². The van der Waals surface area contributed by atoms with E-state index in [9.17, 15) is 4.79 Å². The Morgan fingerprint density at radius 3 is 2.54 bits per heavy atom. The van der Waals surface area contributed by atoms with Gasteiger partial charge in [0, 0.05) is 25.0 Å². The minimum atomic E-state index is -0.371. The number of fused-ring (bicyclic) bond motifs is 2. The first-order valence-corrected chi connectivity index (χ1v) is 9.48. The van der Waals surface area contributed by atoms with Crippen molar-refractivity contribution in [3.8, 4) is 0 Å². The number of para-hydroxylation sites is 1. The van der Waals surface area contributed by atoms with E-state index in [1.165, 1.54) is 11.8 Å². The van der Waals surface area contributed by atoms with E-state index in [-0.39, 0.29) is 12.1 Å². The lowest BCUT2D eigenvalue weighted by molar-refractivity contribution is -0.116. The second kappa shape index (κ2) is 6.49. The molecule has 0 radical (unpaired) electrons. The van der Waals surface area contributed by atoms with Crippen LogP contribution in [0.15, 0.2) is 58.6 Å². The Kier molecular flexibility index (Phi) is 4.16. The Labute approximate surface area is 155 Å². The molecule has 132 valence electrons. The normalized spacial score (nSPS) is 18.3. The van der Waals surface area contributed by atoms with Crippen LogP contribution < -0.4 is 20.8 Å². The first-order chi connectivity index (χ1) is 12.6. The molecule has 0 saturated heterocycles. The molecule has 6 nitrogen and oxygen atoms in total. The summed E-state index contributed by atoms with van der Waals surface area (Å²) in [7, 11) is 4.01. The molecule has 26 heavy (non-hydrogen) atoms. The smallest absolute Gasteiger partial charge is 0.276 e. The van der Waals surface area contributed by atoms with E-state index in [1.54, 1.807) is 5.01 Å². The SMILES string of the molecule is CSC1=NN2C(=c3ccccc3=N[C@@H]2c2ccc(N(C)C)cc2)C(=O)N1. The van der Waals surface area contributed by atoms with Crippen LogP contribution in [0.25, 0.3) is 5.70 Å². The van der Waals surface area contributed by atoms with Gasteiger partial charge in [0.2, 0.25) is 0 Å². The zero-order valence-electron chi connectivity index (χ0n) is 14.8. The second-order valence-corrected chi connectivity index (χ2v) is 7.06. The van der Waals surface area contributed by atoms with Gasteiger partial charge in [-0.15, -0.1) is 5.10 Å². The van der Waals surface area contributed by atoms with Crippen molar-refractivity contribution in [2.24, 2.45) is 10.1 Å². The van der Waals surface area contributed by atoms with Crippen LogP contribution in [0.5, 0.6) is 0 Å². The minimum absolute atomic E-state index is 0.151. The Hall–Kier alpha value is -2.80.